The molecule has 0 bridgehead atoms. The third-order valence-corrected chi connectivity index (χ3v) is 6.25. The number of phenolic OH excluding ortho intramolecular Hbond substituents is 1. The summed E-state index contributed by atoms with van der Waals surface area (Å²) in [6, 6.07) is 2.88. The molecular formula is C20H26Cl2N2O3. The number of hydrogen-bond acceptors (Lipinski definition) is 3. The highest BCUT2D eigenvalue weighted by Gasteiger charge is 2.43. The first-order valence-corrected chi connectivity index (χ1v) is 10.2. The number of phenols is 1. The minimum absolute atomic E-state index is 0.0578. The van der Waals surface area contributed by atoms with Crippen LogP contribution >= 0.6 is 23.2 Å². The highest BCUT2D eigenvalue weighted by atomic mass is 35.5. The summed E-state index contributed by atoms with van der Waals surface area (Å²) in [4.78, 5) is 28.9. The number of benzene rings is 1. The maximum atomic E-state index is 12.9. The van der Waals surface area contributed by atoms with Crippen LogP contribution in [0.2, 0.25) is 10.0 Å². The molecule has 5 nitrogen and oxygen atoms in total. The fourth-order valence-corrected chi connectivity index (χ4v) is 4.62. The first-order chi connectivity index (χ1) is 12.7. The SMILES string of the molecule is CC(C)CC(=O)N1CCC2(CC1)CCN(C(=O)c1cc(Cl)cc(Cl)c1O)C2. The van der Waals surface area contributed by atoms with Crippen LogP contribution in [0.25, 0.3) is 0 Å². The number of likely N-dealkylation sites (tertiary alicyclic amines) is 2. The highest BCUT2D eigenvalue weighted by Crippen LogP contribution is 2.42. The third-order valence-electron chi connectivity index (χ3n) is 5.74. The Kier molecular flexibility index (Phi) is 5.92. The van der Waals surface area contributed by atoms with E-state index < -0.39 is 0 Å². The molecule has 1 spiro atoms. The van der Waals surface area contributed by atoms with E-state index in [1.54, 1.807) is 4.90 Å². The van der Waals surface area contributed by atoms with Gasteiger partial charge in [0.15, 0.2) is 0 Å². The number of rotatable bonds is 3. The fourth-order valence-electron chi connectivity index (χ4n) is 4.12. The second kappa shape index (κ2) is 7.88. The lowest BCUT2D eigenvalue weighted by atomic mass is 9.77. The lowest BCUT2D eigenvalue weighted by molar-refractivity contribution is -0.134. The quantitative estimate of drug-likeness (QED) is 0.808. The Bertz CT molecular complexity index is 743. The molecule has 0 unspecified atom stereocenters. The van der Waals surface area contributed by atoms with Crippen molar-refractivity contribution in [3.05, 3.63) is 27.7 Å². The van der Waals surface area contributed by atoms with E-state index in [0.717, 1.165) is 32.4 Å². The molecule has 2 heterocycles. The zero-order valence-electron chi connectivity index (χ0n) is 15.8. The molecule has 3 rings (SSSR count). The van der Waals surface area contributed by atoms with E-state index in [2.05, 4.69) is 13.8 Å². The Hall–Kier alpha value is -1.46. The summed E-state index contributed by atoms with van der Waals surface area (Å²) in [5.41, 5.74) is 0.205. The van der Waals surface area contributed by atoms with E-state index in [1.807, 2.05) is 4.90 Å². The van der Waals surface area contributed by atoms with Gasteiger partial charge in [-0.15, -0.1) is 0 Å². The third kappa shape index (κ3) is 4.35. The predicted octanol–water partition coefficient (Wildman–Crippen LogP) is 4.20. The van der Waals surface area contributed by atoms with Gasteiger partial charge in [0.05, 0.1) is 10.6 Å². The maximum absolute atomic E-state index is 12.9. The Morgan fingerprint density at radius 2 is 1.70 bits per heavy atom. The van der Waals surface area contributed by atoms with Crippen LogP contribution in [0.15, 0.2) is 12.1 Å². The second-order valence-corrected chi connectivity index (χ2v) is 9.08. The largest absolute Gasteiger partial charge is 0.506 e. The monoisotopic (exact) mass is 412 g/mol. The normalized spacial score (nSPS) is 19.1. The van der Waals surface area contributed by atoms with Crippen LogP contribution in [0.3, 0.4) is 0 Å². The van der Waals surface area contributed by atoms with Crippen LogP contribution in [0.1, 0.15) is 49.9 Å². The summed E-state index contributed by atoms with van der Waals surface area (Å²) in [7, 11) is 0. The number of carbonyl (C=O) groups excluding carboxylic acids is 2. The van der Waals surface area contributed by atoms with E-state index in [-0.39, 0.29) is 33.6 Å². The minimum atomic E-state index is -0.243. The average Bonchev–Trinajstić information content (AvgIpc) is 3.01. The molecular weight excluding hydrogens is 387 g/mol. The van der Waals surface area contributed by atoms with Gasteiger partial charge in [0, 0.05) is 37.6 Å². The molecule has 2 aliphatic heterocycles. The van der Waals surface area contributed by atoms with Crippen molar-refractivity contribution in [2.75, 3.05) is 26.2 Å². The van der Waals surface area contributed by atoms with Crippen molar-refractivity contribution in [2.24, 2.45) is 11.3 Å². The fraction of sp³-hybridized carbons (Fsp3) is 0.600. The van der Waals surface area contributed by atoms with Crippen molar-refractivity contribution in [1.82, 2.24) is 9.80 Å². The van der Waals surface area contributed by atoms with Crippen LogP contribution < -0.4 is 0 Å². The number of nitrogens with zero attached hydrogens (tertiary/aromatic N) is 2. The first-order valence-electron chi connectivity index (χ1n) is 9.46. The van der Waals surface area contributed by atoms with E-state index in [4.69, 9.17) is 23.2 Å². The summed E-state index contributed by atoms with van der Waals surface area (Å²) in [5, 5.41) is 10.5. The number of halogens is 2. The van der Waals surface area contributed by atoms with Crippen LogP contribution in [-0.2, 0) is 4.79 Å². The van der Waals surface area contributed by atoms with Crippen molar-refractivity contribution in [1.29, 1.82) is 0 Å². The first kappa shape index (κ1) is 20.3. The van der Waals surface area contributed by atoms with Gasteiger partial charge >= 0.3 is 0 Å². The summed E-state index contributed by atoms with van der Waals surface area (Å²) in [5.74, 6) is 0.127. The maximum Gasteiger partial charge on any atom is 0.257 e. The lowest BCUT2D eigenvalue weighted by Gasteiger charge is -2.39. The number of piperidine rings is 1. The van der Waals surface area contributed by atoms with Crippen LogP contribution in [0.4, 0.5) is 0 Å². The molecule has 2 amide bonds. The van der Waals surface area contributed by atoms with Gasteiger partial charge < -0.3 is 14.9 Å². The van der Waals surface area contributed by atoms with Gasteiger partial charge in [-0.1, -0.05) is 37.0 Å². The summed E-state index contributed by atoms with van der Waals surface area (Å²) in [6.45, 7) is 6.90. The van der Waals surface area contributed by atoms with E-state index in [0.29, 0.717) is 30.5 Å². The van der Waals surface area contributed by atoms with Gasteiger partial charge in [-0.2, -0.15) is 0 Å². The molecule has 7 heteroatoms. The molecule has 1 aromatic carbocycles. The molecule has 0 radical (unpaired) electrons. The molecule has 0 saturated carbocycles. The topological polar surface area (TPSA) is 60.9 Å². The standard InChI is InChI=1S/C20H26Cl2N2O3/c1-13(2)9-17(25)23-6-3-20(4-7-23)5-8-24(12-20)19(27)15-10-14(21)11-16(22)18(15)26/h10-11,13,26H,3-9,12H2,1-2H3. The Balaban J connectivity index is 1.64. The van der Waals surface area contributed by atoms with E-state index in [1.165, 1.54) is 12.1 Å². The molecule has 27 heavy (non-hydrogen) atoms. The summed E-state index contributed by atoms with van der Waals surface area (Å²) < 4.78 is 0. The van der Waals surface area contributed by atoms with Crippen molar-refractivity contribution in [3.63, 3.8) is 0 Å². The van der Waals surface area contributed by atoms with Gasteiger partial charge in [0.2, 0.25) is 5.91 Å². The average molecular weight is 413 g/mol. The summed E-state index contributed by atoms with van der Waals surface area (Å²) in [6.07, 6.45) is 3.32. The Morgan fingerprint density at radius 3 is 2.30 bits per heavy atom. The van der Waals surface area contributed by atoms with Crippen molar-refractivity contribution in [3.8, 4) is 5.75 Å². The summed E-state index contributed by atoms with van der Waals surface area (Å²) >= 11 is 11.9. The molecule has 2 saturated heterocycles. The molecule has 1 N–H and O–H groups in total. The zero-order chi connectivity index (χ0) is 19.8. The van der Waals surface area contributed by atoms with Crippen LogP contribution in [0, 0.1) is 11.3 Å². The molecule has 2 aliphatic rings. The van der Waals surface area contributed by atoms with Gasteiger partial charge in [-0.25, -0.2) is 0 Å². The lowest BCUT2D eigenvalue weighted by Crippen LogP contribution is -2.45. The predicted molar refractivity (Wildman–Crippen MR) is 106 cm³/mol. The molecule has 0 aromatic heterocycles. The zero-order valence-corrected chi connectivity index (χ0v) is 17.3. The minimum Gasteiger partial charge on any atom is -0.506 e. The van der Waals surface area contributed by atoms with Gasteiger partial charge in [0.25, 0.3) is 5.91 Å². The van der Waals surface area contributed by atoms with E-state index >= 15 is 0 Å². The van der Waals surface area contributed by atoms with Crippen molar-refractivity contribution >= 4 is 35.0 Å². The second-order valence-electron chi connectivity index (χ2n) is 8.24. The molecule has 2 fully saturated rings. The molecule has 148 valence electrons. The Morgan fingerprint density at radius 1 is 1.11 bits per heavy atom. The molecule has 0 aliphatic carbocycles. The number of hydrogen-bond donors (Lipinski definition) is 1. The molecule has 1 aromatic rings. The van der Waals surface area contributed by atoms with Crippen LogP contribution in [0.5, 0.6) is 5.75 Å². The number of carbonyl (C=O) groups is 2. The number of aromatic hydroxyl groups is 1. The van der Waals surface area contributed by atoms with Gasteiger partial charge in [0.1, 0.15) is 5.75 Å². The van der Waals surface area contributed by atoms with Crippen LogP contribution in [-0.4, -0.2) is 52.9 Å². The Labute approximate surface area is 170 Å². The highest BCUT2D eigenvalue weighted by molar-refractivity contribution is 6.36. The van der Waals surface area contributed by atoms with Gasteiger partial charge in [-0.05, 0) is 42.7 Å². The van der Waals surface area contributed by atoms with Crippen molar-refractivity contribution < 1.29 is 14.7 Å². The number of amides is 2. The molecule has 0 atom stereocenters. The van der Waals surface area contributed by atoms with E-state index in [9.17, 15) is 14.7 Å². The van der Waals surface area contributed by atoms with Crippen molar-refractivity contribution in [2.45, 2.75) is 39.5 Å². The van der Waals surface area contributed by atoms with Gasteiger partial charge in [-0.3, -0.25) is 9.59 Å². The smallest absolute Gasteiger partial charge is 0.257 e.